The van der Waals surface area contributed by atoms with Gasteiger partial charge in [-0.3, -0.25) is 9.51 Å². The van der Waals surface area contributed by atoms with Gasteiger partial charge in [0.05, 0.1) is 0 Å². The number of pyridine rings is 1. The van der Waals surface area contributed by atoms with Gasteiger partial charge < -0.3 is 5.11 Å². The summed E-state index contributed by atoms with van der Waals surface area (Å²) in [6.07, 6.45) is 3.84. The quantitative estimate of drug-likeness (QED) is 0.552. The second-order valence-corrected chi connectivity index (χ2v) is 2.35. The predicted octanol–water partition coefficient (Wildman–Crippen LogP) is -1.29. The van der Waals surface area contributed by atoms with Crippen molar-refractivity contribution < 1.29 is 14.3 Å². The van der Waals surface area contributed by atoms with Crippen LogP contribution in [0.3, 0.4) is 0 Å². The lowest BCUT2D eigenvalue weighted by Crippen LogP contribution is -2.33. The molecule has 0 aliphatic rings. The van der Waals surface area contributed by atoms with Crippen LogP contribution in [0.15, 0.2) is 34.0 Å². The normalized spacial score (nSPS) is 10.2. The van der Waals surface area contributed by atoms with E-state index in [1.807, 2.05) is 0 Å². The van der Waals surface area contributed by atoms with E-state index in [1.165, 1.54) is 23.1 Å². The smallest absolute Gasteiger partial charge is 0.427 e. The third-order valence-corrected chi connectivity index (χ3v) is 1.50. The van der Waals surface area contributed by atoms with Crippen LogP contribution in [-0.4, -0.2) is 10.3 Å². The van der Waals surface area contributed by atoms with E-state index in [0.717, 1.165) is 6.20 Å². The van der Waals surface area contributed by atoms with Crippen molar-refractivity contribution in [1.29, 1.82) is 0 Å². The number of hydrogen-bond acceptors (Lipinski definition) is 4. The van der Waals surface area contributed by atoms with E-state index < -0.39 is 5.63 Å². The molecule has 66 valence electrons. The van der Waals surface area contributed by atoms with Gasteiger partial charge in [-0.25, -0.2) is 4.79 Å². The lowest BCUT2D eigenvalue weighted by molar-refractivity contribution is -0.673. The Bertz CT molecular complexity index is 474. The third kappa shape index (κ3) is 1.28. The molecule has 2 rings (SSSR count). The third-order valence-electron chi connectivity index (χ3n) is 1.50. The second kappa shape index (κ2) is 2.74. The summed E-state index contributed by atoms with van der Waals surface area (Å²) in [6.45, 7) is 0. The highest BCUT2D eigenvalue weighted by Gasteiger charge is 2.10. The molecule has 0 atom stereocenters. The minimum Gasteiger partial charge on any atom is -0.868 e. The molecule has 0 unspecified atom stereocenters. The van der Waals surface area contributed by atoms with E-state index in [4.69, 9.17) is 0 Å². The number of hydrogen-bond donors (Lipinski definition) is 1. The van der Waals surface area contributed by atoms with Gasteiger partial charge in [-0.05, 0) is 21.8 Å². The molecule has 2 aromatic rings. The van der Waals surface area contributed by atoms with Crippen molar-refractivity contribution in [3.63, 3.8) is 0 Å². The molecule has 2 aromatic heterocycles. The van der Waals surface area contributed by atoms with Crippen molar-refractivity contribution >= 4 is 0 Å². The Morgan fingerprint density at radius 3 is 3.08 bits per heavy atom. The Hall–Kier alpha value is -2.11. The van der Waals surface area contributed by atoms with Crippen LogP contribution in [0.5, 0.6) is 5.75 Å². The number of nitrogens with one attached hydrogen (secondary N) is 1. The van der Waals surface area contributed by atoms with Gasteiger partial charge in [0.15, 0.2) is 0 Å². The summed E-state index contributed by atoms with van der Waals surface area (Å²) >= 11 is 0. The van der Waals surface area contributed by atoms with Gasteiger partial charge in [-0.2, -0.15) is 0 Å². The highest BCUT2D eigenvalue weighted by molar-refractivity contribution is 5.33. The number of aromatic nitrogens is 3. The lowest BCUT2D eigenvalue weighted by Gasteiger charge is -2.02. The van der Waals surface area contributed by atoms with Gasteiger partial charge in [0, 0.05) is 6.20 Å². The molecule has 6 heteroatoms. The van der Waals surface area contributed by atoms with E-state index in [-0.39, 0.29) is 11.4 Å². The van der Waals surface area contributed by atoms with Gasteiger partial charge in [0.2, 0.25) is 5.69 Å². The SMILES string of the molecule is O=c1c[n+](-c2cnccc2[O-])[nH]o1. The molecule has 0 bridgehead atoms. The molecule has 0 aliphatic heterocycles. The molecule has 2 heterocycles. The Morgan fingerprint density at radius 2 is 2.46 bits per heavy atom. The molecule has 13 heavy (non-hydrogen) atoms. The van der Waals surface area contributed by atoms with Crippen LogP contribution in [-0.2, 0) is 0 Å². The molecule has 0 aliphatic carbocycles. The largest absolute Gasteiger partial charge is 0.868 e. The molecule has 0 amide bonds. The average Bonchev–Trinajstić information content (AvgIpc) is 2.53. The highest BCUT2D eigenvalue weighted by atomic mass is 16.5. The maximum absolute atomic E-state index is 11.2. The van der Waals surface area contributed by atoms with Crippen molar-refractivity contribution in [1.82, 2.24) is 10.3 Å². The minimum absolute atomic E-state index is 0.239. The zero-order valence-electron chi connectivity index (χ0n) is 6.43. The van der Waals surface area contributed by atoms with E-state index >= 15 is 0 Å². The summed E-state index contributed by atoms with van der Waals surface area (Å²) in [5, 5.41) is 13.5. The fourth-order valence-corrected chi connectivity index (χ4v) is 0.925. The minimum atomic E-state index is -0.553. The van der Waals surface area contributed by atoms with Crippen LogP contribution in [0.2, 0.25) is 0 Å². The number of rotatable bonds is 1. The van der Waals surface area contributed by atoms with Crippen LogP contribution >= 0.6 is 0 Å². The molecule has 1 N–H and O–H groups in total. The first-order chi connectivity index (χ1) is 6.27. The van der Waals surface area contributed by atoms with Crippen molar-refractivity contribution in [2.24, 2.45) is 0 Å². The van der Waals surface area contributed by atoms with Crippen molar-refractivity contribution in [2.45, 2.75) is 0 Å². The molecule has 0 saturated carbocycles. The van der Waals surface area contributed by atoms with Crippen molar-refractivity contribution in [3.8, 4) is 11.4 Å². The zero-order valence-corrected chi connectivity index (χ0v) is 6.43. The lowest BCUT2D eigenvalue weighted by atomic mass is 10.4. The first-order valence-corrected chi connectivity index (χ1v) is 3.49. The van der Waals surface area contributed by atoms with Crippen LogP contribution in [0.25, 0.3) is 5.69 Å². The average molecular weight is 179 g/mol. The first-order valence-electron chi connectivity index (χ1n) is 3.49. The van der Waals surface area contributed by atoms with E-state index in [9.17, 15) is 9.90 Å². The van der Waals surface area contributed by atoms with E-state index in [2.05, 4.69) is 14.8 Å². The molecule has 0 fully saturated rings. The van der Waals surface area contributed by atoms with E-state index in [1.54, 1.807) is 0 Å². The van der Waals surface area contributed by atoms with E-state index in [0.29, 0.717) is 0 Å². The van der Waals surface area contributed by atoms with Crippen molar-refractivity contribution in [2.75, 3.05) is 0 Å². The zero-order chi connectivity index (χ0) is 9.26. The summed E-state index contributed by atoms with van der Waals surface area (Å²) in [5.41, 5.74) is -0.309. The topological polar surface area (TPSA) is 85.8 Å². The first kappa shape index (κ1) is 7.53. The Morgan fingerprint density at radius 1 is 1.62 bits per heavy atom. The van der Waals surface area contributed by atoms with Crippen molar-refractivity contribution in [3.05, 3.63) is 35.1 Å². The van der Waals surface area contributed by atoms with Crippen LogP contribution in [0.4, 0.5) is 0 Å². The molecule has 0 spiro atoms. The summed E-state index contributed by atoms with van der Waals surface area (Å²) < 4.78 is 5.57. The number of nitrogens with zero attached hydrogens (tertiary/aromatic N) is 2. The Labute approximate surface area is 72.0 Å². The second-order valence-electron chi connectivity index (χ2n) is 2.35. The molecule has 6 nitrogen and oxygen atoms in total. The van der Waals surface area contributed by atoms with Gasteiger partial charge in [0.25, 0.3) is 6.20 Å². The summed E-state index contributed by atoms with van der Waals surface area (Å²) in [7, 11) is 0. The Balaban J connectivity index is 2.58. The highest BCUT2D eigenvalue weighted by Crippen LogP contribution is 2.07. The fourth-order valence-electron chi connectivity index (χ4n) is 0.925. The summed E-state index contributed by atoms with van der Waals surface area (Å²) in [4.78, 5) is 14.4. The van der Waals surface area contributed by atoms with Gasteiger partial charge in [0.1, 0.15) is 6.20 Å². The molecular formula is C7H5N3O3. The number of aromatic amines is 1. The summed E-state index contributed by atoms with van der Waals surface area (Å²) in [6, 6.07) is 1.30. The summed E-state index contributed by atoms with van der Waals surface area (Å²) in [5.74, 6) is -0.239. The molecule has 0 aromatic carbocycles. The number of H-pyrrole nitrogens is 1. The predicted molar refractivity (Wildman–Crippen MR) is 38.1 cm³/mol. The van der Waals surface area contributed by atoms with Gasteiger partial charge in [-0.1, -0.05) is 0 Å². The van der Waals surface area contributed by atoms with Crippen LogP contribution < -0.4 is 15.4 Å². The molecule has 0 saturated heterocycles. The molecular weight excluding hydrogens is 174 g/mol. The van der Waals surface area contributed by atoms with Gasteiger partial charge in [-0.15, -0.1) is 0 Å². The van der Waals surface area contributed by atoms with Crippen LogP contribution in [0, 0.1) is 0 Å². The fraction of sp³-hybridized carbons (Fsp3) is 0. The van der Waals surface area contributed by atoms with Crippen LogP contribution in [0.1, 0.15) is 0 Å². The maximum Gasteiger partial charge on any atom is 0.427 e. The Kier molecular flexibility index (Phi) is 1.59. The molecule has 0 radical (unpaired) electrons. The maximum atomic E-state index is 11.2. The monoisotopic (exact) mass is 179 g/mol. The standard InChI is InChI=1S/C7H5N3O3/c11-6-1-2-8-3-5(6)10-4-7(12)13-9-10/h1-4H,(H-,8,9,11,12). The van der Waals surface area contributed by atoms with Gasteiger partial charge >= 0.3 is 5.63 Å².